The van der Waals surface area contributed by atoms with Crippen molar-refractivity contribution in [3.63, 3.8) is 0 Å². The molecule has 154 valence electrons. The molecule has 0 amide bonds. The maximum atomic E-state index is 11.7. The molecule has 1 unspecified atom stereocenters. The van der Waals surface area contributed by atoms with E-state index in [0.29, 0.717) is 17.8 Å². The number of nitro benzene ring substituents is 1. The number of benzene rings is 1. The van der Waals surface area contributed by atoms with Crippen LogP contribution in [0.25, 0.3) is 11.4 Å². The lowest BCUT2D eigenvalue weighted by Crippen LogP contribution is -2.51. The topological polar surface area (TPSA) is 110 Å². The maximum absolute atomic E-state index is 11.7. The highest BCUT2D eigenvalue weighted by atomic mass is 32.2. The number of non-ortho nitro benzene ring substituents is 1. The van der Waals surface area contributed by atoms with Gasteiger partial charge in [-0.15, -0.1) is 0 Å². The van der Waals surface area contributed by atoms with Crippen LogP contribution < -0.4 is 4.90 Å². The first-order valence-electron chi connectivity index (χ1n) is 9.61. The number of aryl methyl sites for hydroxylation is 1. The molecule has 0 aliphatic carbocycles. The summed E-state index contributed by atoms with van der Waals surface area (Å²) in [6.45, 7) is 4.96. The zero-order chi connectivity index (χ0) is 20.6. The van der Waals surface area contributed by atoms with Crippen LogP contribution in [0.2, 0.25) is 0 Å². The SMILES string of the molecule is Cc1cc(N2CCN(C3CCS(=O)(=O)C3)CC2)nc(-c2cccc([N+](=O)[O-])c2)n1. The van der Waals surface area contributed by atoms with Gasteiger partial charge in [0.15, 0.2) is 15.7 Å². The molecule has 0 radical (unpaired) electrons. The van der Waals surface area contributed by atoms with Gasteiger partial charge in [0, 0.05) is 61.7 Å². The second-order valence-corrected chi connectivity index (χ2v) is 9.81. The molecule has 2 saturated heterocycles. The predicted molar refractivity (Wildman–Crippen MR) is 110 cm³/mol. The Hall–Kier alpha value is -2.59. The molecule has 9 nitrogen and oxygen atoms in total. The highest BCUT2D eigenvalue weighted by Crippen LogP contribution is 2.25. The zero-order valence-electron chi connectivity index (χ0n) is 16.2. The monoisotopic (exact) mass is 417 g/mol. The molecular formula is C19H23N5O4S. The molecule has 0 bridgehead atoms. The van der Waals surface area contributed by atoms with Gasteiger partial charge in [-0.05, 0) is 13.3 Å². The molecule has 29 heavy (non-hydrogen) atoms. The smallest absolute Gasteiger partial charge is 0.270 e. The van der Waals surface area contributed by atoms with Gasteiger partial charge in [-0.25, -0.2) is 18.4 Å². The van der Waals surface area contributed by atoms with E-state index in [1.165, 1.54) is 12.1 Å². The number of aromatic nitrogens is 2. The maximum Gasteiger partial charge on any atom is 0.270 e. The molecule has 1 atom stereocenters. The van der Waals surface area contributed by atoms with Crippen molar-refractivity contribution in [2.45, 2.75) is 19.4 Å². The number of rotatable bonds is 4. The number of hydrogen-bond acceptors (Lipinski definition) is 8. The Balaban J connectivity index is 1.50. The first kappa shape index (κ1) is 19.7. The summed E-state index contributed by atoms with van der Waals surface area (Å²) in [6.07, 6.45) is 0.714. The van der Waals surface area contributed by atoms with E-state index < -0.39 is 14.8 Å². The van der Waals surface area contributed by atoms with E-state index in [9.17, 15) is 18.5 Å². The van der Waals surface area contributed by atoms with Gasteiger partial charge in [-0.1, -0.05) is 12.1 Å². The fourth-order valence-corrected chi connectivity index (χ4v) is 5.74. The third-order valence-corrected chi connectivity index (χ3v) is 7.27. The van der Waals surface area contributed by atoms with Crippen LogP contribution in [-0.2, 0) is 9.84 Å². The quantitative estimate of drug-likeness (QED) is 0.546. The van der Waals surface area contributed by atoms with Crippen LogP contribution in [0.1, 0.15) is 12.1 Å². The number of nitrogens with zero attached hydrogens (tertiary/aromatic N) is 5. The summed E-state index contributed by atoms with van der Waals surface area (Å²) in [5, 5.41) is 11.1. The Morgan fingerprint density at radius 3 is 2.55 bits per heavy atom. The predicted octanol–water partition coefficient (Wildman–Crippen LogP) is 1.67. The molecule has 1 aromatic carbocycles. The molecule has 2 aromatic rings. The van der Waals surface area contributed by atoms with Gasteiger partial charge in [0.1, 0.15) is 5.82 Å². The van der Waals surface area contributed by atoms with Crippen molar-refractivity contribution in [1.82, 2.24) is 14.9 Å². The van der Waals surface area contributed by atoms with Crippen LogP contribution in [0, 0.1) is 17.0 Å². The van der Waals surface area contributed by atoms with Crippen LogP contribution in [0.15, 0.2) is 30.3 Å². The molecule has 0 saturated carbocycles. The minimum Gasteiger partial charge on any atom is -0.354 e. The van der Waals surface area contributed by atoms with Gasteiger partial charge in [0.05, 0.1) is 16.4 Å². The van der Waals surface area contributed by atoms with Gasteiger partial charge in [-0.3, -0.25) is 15.0 Å². The molecule has 4 rings (SSSR count). The number of piperazine rings is 1. The van der Waals surface area contributed by atoms with Gasteiger partial charge < -0.3 is 4.90 Å². The normalized spacial score (nSPS) is 22.0. The average molecular weight is 417 g/mol. The molecule has 0 N–H and O–H groups in total. The Morgan fingerprint density at radius 2 is 1.90 bits per heavy atom. The lowest BCUT2D eigenvalue weighted by atomic mass is 10.1. The lowest BCUT2D eigenvalue weighted by molar-refractivity contribution is -0.384. The number of anilines is 1. The van der Waals surface area contributed by atoms with E-state index in [1.54, 1.807) is 12.1 Å². The van der Waals surface area contributed by atoms with E-state index in [2.05, 4.69) is 19.8 Å². The Morgan fingerprint density at radius 1 is 1.14 bits per heavy atom. The van der Waals surface area contributed by atoms with Gasteiger partial charge in [0.2, 0.25) is 0 Å². The van der Waals surface area contributed by atoms with E-state index in [1.807, 2.05) is 13.0 Å². The molecule has 2 aliphatic heterocycles. The van der Waals surface area contributed by atoms with E-state index in [4.69, 9.17) is 0 Å². The molecule has 0 spiro atoms. The third-order valence-electron chi connectivity index (χ3n) is 5.52. The minimum atomic E-state index is -2.89. The molecule has 1 aromatic heterocycles. The number of sulfone groups is 1. The molecule has 2 aliphatic rings. The van der Waals surface area contributed by atoms with Crippen LogP contribution in [-0.4, -0.2) is 71.9 Å². The van der Waals surface area contributed by atoms with Crippen molar-refractivity contribution < 1.29 is 13.3 Å². The Labute approximate surface area is 169 Å². The van der Waals surface area contributed by atoms with Gasteiger partial charge in [0.25, 0.3) is 5.69 Å². The van der Waals surface area contributed by atoms with E-state index >= 15 is 0 Å². The minimum absolute atomic E-state index is 0.00860. The summed E-state index contributed by atoms with van der Waals surface area (Å²) < 4.78 is 23.5. The summed E-state index contributed by atoms with van der Waals surface area (Å²) in [5.74, 6) is 1.80. The van der Waals surface area contributed by atoms with Crippen molar-refractivity contribution in [3.05, 3.63) is 46.1 Å². The van der Waals surface area contributed by atoms with Gasteiger partial charge in [-0.2, -0.15) is 0 Å². The van der Waals surface area contributed by atoms with Crippen molar-refractivity contribution in [3.8, 4) is 11.4 Å². The molecule has 10 heteroatoms. The summed E-state index contributed by atoms with van der Waals surface area (Å²) in [5.41, 5.74) is 1.41. The first-order valence-corrected chi connectivity index (χ1v) is 11.4. The van der Waals surface area contributed by atoms with Crippen LogP contribution in [0.3, 0.4) is 0 Å². The average Bonchev–Trinajstić information content (AvgIpc) is 3.07. The molecule has 2 fully saturated rings. The van der Waals surface area contributed by atoms with Gasteiger partial charge >= 0.3 is 0 Å². The highest BCUT2D eigenvalue weighted by Gasteiger charge is 2.33. The Bertz CT molecular complexity index is 1030. The summed E-state index contributed by atoms with van der Waals surface area (Å²) in [7, 11) is -2.89. The van der Waals surface area contributed by atoms with Crippen LogP contribution in [0.5, 0.6) is 0 Å². The standard InChI is InChI=1S/C19H23N5O4S/c1-14-11-18(21-19(20-14)15-3-2-4-16(12-15)24(25)26)23-8-6-22(7-9-23)17-5-10-29(27,28)13-17/h2-4,11-12,17H,5-10,13H2,1H3. The molecule has 3 heterocycles. The second kappa shape index (κ2) is 7.68. The molecular weight excluding hydrogens is 394 g/mol. The van der Waals surface area contributed by atoms with E-state index in [-0.39, 0.29) is 23.2 Å². The van der Waals surface area contributed by atoms with Crippen molar-refractivity contribution in [2.75, 3.05) is 42.6 Å². The summed E-state index contributed by atoms with van der Waals surface area (Å²) >= 11 is 0. The highest BCUT2D eigenvalue weighted by molar-refractivity contribution is 7.91. The van der Waals surface area contributed by atoms with Crippen molar-refractivity contribution in [2.24, 2.45) is 0 Å². The first-order chi connectivity index (χ1) is 13.8. The fraction of sp³-hybridized carbons (Fsp3) is 0.474. The third kappa shape index (κ3) is 4.38. The largest absolute Gasteiger partial charge is 0.354 e. The van der Waals surface area contributed by atoms with Crippen LogP contribution in [0.4, 0.5) is 11.5 Å². The lowest BCUT2D eigenvalue weighted by Gasteiger charge is -2.38. The fourth-order valence-electron chi connectivity index (χ4n) is 3.98. The summed E-state index contributed by atoms with van der Waals surface area (Å²) in [6, 6.07) is 8.36. The summed E-state index contributed by atoms with van der Waals surface area (Å²) in [4.78, 5) is 24.2. The zero-order valence-corrected chi connectivity index (χ0v) is 17.0. The van der Waals surface area contributed by atoms with Crippen molar-refractivity contribution >= 4 is 21.3 Å². The van der Waals surface area contributed by atoms with Crippen LogP contribution >= 0.6 is 0 Å². The van der Waals surface area contributed by atoms with Crippen molar-refractivity contribution in [1.29, 1.82) is 0 Å². The Kier molecular flexibility index (Phi) is 5.22. The number of nitro groups is 1. The second-order valence-electron chi connectivity index (χ2n) is 7.58. The van der Waals surface area contributed by atoms with E-state index in [0.717, 1.165) is 37.7 Å². The number of hydrogen-bond donors (Lipinski definition) is 0.